The topological polar surface area (TPSA) is 55.1 Å². The van der Waals surface area contributed by atoms with Crippen molar-refractivity contribution in [1.29, 1.82) is 0 Å². The molecule has 0 saturated heterocycles. The van der Waals surface area contributed by atoms with Crippen molar-refractivity contribution in [1.82, 2.24) is 5.32 Å². The zero-order chi connectivity index (χ0) is 12.2. The van der Waals surface area contributed by atoms with E-state index in [1.165, 1.54) is 19.3 Å². The molecule has 3 nitrogen and oxygen atoms in total. The van der Waals surface area contributed by atoms with E-state index >= 15 is 0 Å². The summed E-state index contributed by atoms with van der Waals surface area (Å²) in [6.45, 7) is 5.17. The maximum absolute atomic E-state index is 12.0. The molecule has 1 unspecified atom stereocenters. The monoisotopic (exact) mass is 244 g/mol. The van der Waals surface area contributed by atoms with Crippen molar-refractivity contribution in [2.45, 2.75) is 44.3 Å². The zero-order valence-electron chi connectivity index (χ0n) is 10.6. The third-order valence-corrected chi connectivity index (χ3v) is 5.47. The van der Waals surface area contributed by atoms with Crippen LogP contribution in [-0.2, 0) is 4.79 Å². The third kappa shape index (κ3) is 2.72. The van der Waals surface area contributed by atoms with Crippen LogP contribution in [0.4, 0.5) is 0 Å². The SMILES string of the molecule is CCC(C)(CN)C(=O)NCC1(SC)CCC1. The van der Waals surface area contributed by atoms with Gasteiger partial charge in [0.25, 0.3) is 0 Å². The summed E-state index contributed by atoms with van der Waals surface area (Å²) in [6, 6.07) is 0. The zero-order valence-corrected chi connectivity index (χ0v) is 11.5. The molecule has 0 aromatic rings. The molecule has 16 heavy (non-hydrogen) atoms. The van der Waals surface area contributed by atoms with Crippen molar-refractivity contribution in [2.24, 2.45) is 11.1 Å². The van der Waals surface area contributed by atoms with E-state index < -0.39 is 5.41 Å². The highest BCUT2D eigenvalue weighted by molar-refractivity contribution is 8.00. The summed E-state index contributed by atoms with van der Waals surface area (Å²) in [4.78, 5) is 12.0. The summed E-state index contributed by atoms with van der Waals surface area (Å²) in [5.74, 6) is 0.109. The second-order valence-corrected chi connectivity index (χ2v) is 6.32. The van der Waals surface area contributed by atoms with Gasteiger partial charge in [-0.25, -0.2) is 0 Å². The lowest BCUT2D eigenvalue weighted by Crippen LogP contribution is -2.50. The Balaban J connectivity index is 2.45. The summed E-state index contributed by atoms with van der Waals surface area (Å²) < 4.78 is 0.304. The van der Waals surface area contributed by atoms with Crippen LogP contribution < -0.4 is 11.1 Å². The minimum atomic E-state index is -0.399. The van der Waals surface area contributed by atoms with Crippen molar-refractivity contribution in [3.05, 3.63) is 0 Å². The first-order valence-electron chi connectivity index (χ1n) is 6.05. The van der Waals surface area contributed by atoms with Gasteiger partial charge in [0.05, 0.1) is 5.41 Å². The molecule has 1 fully saturated rings. The van der Waals surface area contributed by atoms with Crippen LogP contribution in [0.3, 0.4) is 0 Å². The fourth-order valence-corrected chi connectivity index (χ4v) is 2.79. The fourth-order valence-electron chi connectivity index (χ4n) is 1.88. The predicted octanol–water partition coefficient (Wildman–Crippen LogP) is 1.76. The Morgan fingerprint density at radius 1 is 1.56 bits per heavy atom. The van der Waals surface area contributed by atoms with E-state index in [2.05, 4.69) is 11.6 Å². The van der Waals surface area contributed by atoms with Gasteiger partial charge in [0.1, 0.15) is 0 Å². The molecule has 0 aromatic carbocycles. The number of carbonyl (C=O) groups excluding carboxylic acids is 1. The van der Waals surface area contributed by atoms with Crippen LogP contribution in [0, 0.1) is 5.41 Å². The van der Waals surface area contributed by atoms with E-state index in [4.69, 9.17) is 5.73 Å². The minimum absolute atomic E-state index is 0.109. The summed E-state index contributed by atoms with van der Waals surface area (Å²) >= 11 is 1.88. The number of thioether (sulfide) groups is 1. The number of nitrogens with two attached hydrogens (primary N) is 1. The molecular formula is C12H24N2OS. The van der Waals surface area contributed by atoms with E-state index in [0.29, 0.717) is 11.3 Å². The molecule has 3 N–H and O–H groups in total. The summed E-state index contributed by atoms with van der Waals surface area (Å²) in [6.07, 6.45) is 6.66. The molecule has 0 radical (unpaired) electrons. The van der Waals surface area contributed by atoms with Crippen LogP contribution >= 0.6 is 11.8 Å². The van der Waals surface area contributed by atoms with Crippen LogP contribution in [0.25, 0.3) is 0 Å². The minimum Gasteiger partial charge on any atom is -0.354 e. The summed E-state index contributed by atoms with van der Waals surface area (Å²) in [5.41, 5.74) is 5.27. The van der Waals surface area contributed by atoms with Crippen molar-refractivity contribution in [3.63, 3.8) is 0 Å². The Labute approximate surface area is 103 Å². The average molecular weight is 244 g/mol. The number of hydrogen-bond acceptors (Lipinski definition) is 3. The first-order valence-corrected chi connectivity index (χ1v) is 7.28. The number of nitrogens with one attached hydrogen (secondary N) is 1. The van der Waals surface area contributed by atoms with Gasteiger partial charge in [-0.3, -0.25) is 4.79 Å². The molecule has 0 aliphatic heterocycles. The number of carbonyl (C=O) groups is 1. The van der Waals surface area contributed by atoms with Gasteiger partial charge in [0.15, 0.2) is 0 Å². The quantitative estimate of drug-likeness (QED) is 0.748. The van der Waals surface area contributed by atoms with Crippen molar-refractivity contribution >= 4 is 17.7 Å². The lowest BCUT2D eigenvalue weighted by Gasteiger charge is -2.41. The van der Waals surface area contributed by atoms with Crippen LogP contribution in [0.5, 0.6) is 0 Å². The highest BCUT2D eigenvalue weighted by Crippen LogP contribution is 2.42. The van der Waals surface area contributed by atoms with Gasteiger partial charge < -0.3 is 11.1 Å². The van der Waals surface area contributed by atoms with Crippen molar-refractivity contribution in [3.8, 4) is 0 Å². The smallest absolute Gasteiger partial charge is 0.227 e. The Hall–Kier alpha value is -0.220. The standard InChI is InChI=1S/C12H24N2OS/c1-4-11(2,8-13)10(15)14-9-12(16-3)6-5-7-12/h4-9,13H2,1-3H3,(H,14,15). The van der Waals surface area contributed by atoms with Gasteiger partial charge in [-0.05, 0) is 32.4 Å². The maximum atomic E-state index is 12.0. The molecular weight excluding hydrogens is 220 g/mol. The van der Waals surface area contributed by atoms with Gasteiger partial charge in [0.2, 0.25) is 5.91 Å². The average Bonchev–Trinajstić information content (AvgIpc) is 2.26. The molecule has 94 valence electrons. The molecule has 0 spiro atoms. The van der Waals surface area contributed by atoms with Gasteiger partial charge in [0, 0.05) is 17.8 Å². The fraction of sp³-hybridized carbons (Fsp3) is 0.917. The number of amides is 1. The molecule has 1 saturated carbocycles. The first kappa shape index (κ1) is 13.8. The van der Waals surface area contributed by atoms with E-state index in [0.717, 1.165) is 13.0 Å². The molecule has 0 aromatic heterocycles. The molecule has 1 atom stereocenters. The summed E-state index contributed by atoms with van der Waals surface area (Å²) in [7, 11) is 0. The Kier molecular flexibility index (Phi) is 4.68. The van der Waals surface area contributed by atoms with E-state index in [1.54, 1.807) is 0 Å². The van der Waals surface area contributed by atoms with Gasteiger partial charge in [-0.2, -0.15) is 11.8 Å². The van der Waals surface area contributed by atoms with Crippen LogP contribution in [-0.4, -0.2) is 30.0 Å². The molecule has 0 bridgehead atoms. The molecule has 0 heterocycles. The van der Waals surface area contributed by atoms with E-state index in [-0.39, 0.29) is 5.91 Å². The van der Waals surface area contributed by atoms with Crippen LogP contribution in [0.15, 0.2) is 0 Å². The van der Waals surface area contributed by atoms with Crippen LogP contribution in [0.2, 0.25) is 0 Å². The summed E-state index contributed by atoms with van der Waals surface area (Å²) in [5, 5.41) is 3.08. The van der Waals surface area contributed by atoms with E-state index in [1.807, 2.05) is 25.6 Å². The predicted molar refractivity (Wildman–Crippen MR) is 70.6 cm³/mol. The molecule has 1 aliphatic rings. The molecule has 1 rings (SSSR count). The lowest BCUT2D eigenvalue weighted by molar-refractivity contribution is -0.130. The van der Waals surface area contributed by atoms with Crippen molar-refractivity contribution in [2.75, 3.05) is 19.3 Å². The molecule has 1 aliphatic carbocycles. The Morgan fingerprint density at radius 3 is 2.50 bits per heavy atom. The Morgan fingerprint density at radius 2 is 2.19 bits per heavy atom. The largest absolute Gasteiger partial charge is 0.354 e. The Bertz CT molecular complexity index is 242. The lowest BCUT2D eigenvalue weighted by atomic mass is 9.83. The second kappa shape index (κ2) is 5.41. The van der Waals surface area contributed by atoms with Gasteiger partial charge in [-0.15, -0.1) is 0 Å². The molecule has 4 heteroatoms. The molecule has 1 amide bonds. The maximum Gasteiger partial charge on any atom is 0.227 e. The third-order valence-electron chi connectivity index (χ3n) is 4.05. The number of hydrogen-bond donors (Lipinski definition) is 2. The number of rotatable bonds is 6. The van der Waals surface area contributed by atoms with E-state index in [9.17, 15) is 4.79 Å². The highest BCUT2D eigenvalue weighted by Gasteiger charge is 2.38. The highest BCUT2D eigenvalue weighted by atomic mass is 32.2. The normalized spacial score (nSPS) is 22.0. The first-order chi connectivity index (χ1) is 7.52. The van der Waals surface area contributed by atoms with Crippen LogP contribution in [0.1, 0.15) is 39.5 Å². The van der Waals surface area contributed by atoms with Gasteiger partial charge in [-0.1, -0.05) is 13.3 Å². The second-order valence-electron chi connectivity index (χ2n) is 5.04. The van der Waals surface area contributed by atoms with Gasteiger partial charge >= 0.3 is 0 Å². The van der Waals surface area contributed by atoms with Crippen molar-refractivity contribution < 1.29 is 4.79 Å².